The van der Waals surface area contributed by atoms with Gasteiger partial charge < -0.3 is 0 Å². The monoisotopic (exact) mass is 218 g/mol. The first-order chi connectivity index (χ1) is 7.34. The van der Waals surface area contributed by atoms with Crippen LogP contribution in [-0.2, 0) is 0 Å². The second-order valence-corrected chi connectivity index (χ2v) is 5.82. The van der Waals surface area contributed by atoms with Gasteiger partial charge in [0.25, 0.3) is 0 Å². The lowest BCUT2D eigenvalue weighted by atomic mass is 9.82. The van der Waals surface area contributed by atoms with Gasteiger partial charge in [-0.2, -0.15) is 0 Å². The van der Waals surface area contributed by atoms with E-state index in [-0.39, 0.29) is 0 Å². The maximum Gasteiger partial charge on any atom is -0.0213 e. The molecule has 0 unspecified atom stereocenters. The Morgan fingerprint density at radius 2 is 1.06 bits per heavy atom. The lowest BCUT2D eigenvalue weighted by Crippen LogP contribution is -2.06. The number of benzene rings is 1. The highest BCUT2D eigenvalue weighted by molar-refractivity contribution is 5.44. The third-order valence-corrected chi connectivity index (χ3v) is 3.21. The van der Waals surface area contributed by atoms with Crippen LogP contribution in [0.25, 0.3) is 0 Å². The zero-order valence-corrected chi connectivity index (χ0v) is 11.9. The minimum Gasteiger partial charge on any atom is -0.0587 e. The molecule has 0 bridgehead atoms. The SMILES string of the molecule is Cc1cc(C(C)C)c(C(C)C)c(C(C)C)c1. The summed E-state index contributed by atoms with van der Waals surface area (Å²) in [6.45, 7) is 16.0. The van der Waals surface area contributed by atoms with Crippen molar-refractivity contribution < 1.29 is 0 Å². The molecule has 0 fully saturated rings. The van der Waals surface area contributed by atoms with Crippen LogP contribution in [0.4, 0.5) is 0 Å². The molecule has 0 spiro atoms. The first kappa shape index (κ1) is 13.3. The Bertz CT molecular complexity index is 327. The maximum absolute atomic E-state index is 2.37. The van der Waals surface area contributed by atoms with Crippen LogP contribution in [0.1, 0.15) is 81.5 Å². The average Bonchev–Trinajstić information content (AvgIpc) is 2.15. The lowest BCUT2D eigenvalue weighted by molar-refractivity contribution is 0.746. The number of aryl methyl sites for hydroxylation is 1. The van der Waals surface area contributed by atoms with Crippen molar-refractivity contribution in [2.45, 2.75) is 66.2 Å². The van der Waals surface area contributed by atoms with Gasteiger partial charge in [0.1, 0.15) is 0 Å². The van der Waals surface area contributed by atoms with E-state index < -0.39 is 0 Å². The molecule has 0 atom stereocenters. The molecule has 0 nitrogen and oxygen atoms in total. The Morgan fingerprint density at radius 3 is 1.31 bits per heavy atom. The van der Waals surface area contributed by atoms with Gasteiger partial charge in [-0.25, -0.2) is 0 Å². The van der Waals surface area contributed by atoms with Gasteiger partial charge in [-0.05, 0) is 41.4 Å². The van der Waals surface area contributed by atoms with Crippen LogP contribution in [0.5, 0.6) is 0 Å². The fourth-order valence-electron chi connectivity index (χ4n) is 2.48. The van der Waals surface area contributed by atoms with E-state index in [1.807, 2.05) is 0 Å². The second kappa shape index (κ2) is 5.03. The zero-order chi connectivity index (χ0) is 12.5. The van der Waals surface area contributed by atoms with E-state index in [1.165, 1.54) is 5.56 Å². The minimum atomic E-state index is 0.620. The fraction of sp³-hybridized carbons (Fsp3) is 0.625. The second-order valence-electron chi connectivity index (χ2n) is 5.82. The molecule has 1 aromatic carbocycles. The largest absolute Gasteiger partial charge is 0.0587 e. The smallest absolute Gasteiger partial charge is 0.0213 e. The maximum atomic E-state index is 2.37. The number of hydrogen-bond donors (Lipinski definition) is 0. The zero-order valence-electron chi connectivity index (χ0n) is 11.9. The van der Waals surface area contributed by atoms with Crippen LogP contribution >= 0.6 is 0 Å². The van der Waals surface area contributed by atoms with Gasteiger partial charge >= 0.3 is 0 Å². The topological polar surface area (TPSA) is 0 Å². The highest BCUT2D eigenvalue weighted by Gasteiger charge is 2.16. The summed E-state index contributed by atoms with van der Waals surface area (Å²) in [6, 6.07) is 4.73. The van der Waals surface area contributed by atoms with Crippen molar-refractivity contribution >= 4 is 0 Å². The van der Waals surface area contributed by atoms with Crippen LogP contribution in [0.15, 0.2) is 12.1 Å². The van der Waals surface area contributed by atoms with Crippen molar-refractivity contribution in [2.24, 2.45) is 0 Å². The summed E-state index contributed by atoms with van der Waals surface area (Å²) < 4.78 is 0. The highest BCUT2D eigenvalue weighted by atomic mass is 14.2. The summed E-state index contributed by atoms with van der Waals surface area (Å²) in [5.74, 6) is 1.86. The molecule has 16 heavy (non-hydrogen) atoms. The molecule has 0 amide bonds. The van der Waals surface area contributed by atoms with Crippen molar-refractivity contribution in [2.75, 3.05) is 0 Å². The van der Waals surface area contributed by atoms with Gasteiger partial charge in [0.05, 0.1) is 0 Å². The van der Waals surface area contributed by atoms with Crippen LogP contribution in [0, 0.1) is 6.92 Å². The lowest BCUT2D eigenvalue weighted by Gasteiger charge is -2.23. The number of hydrogen-bond acceptors (Lipinski definition) is 0. The normalized spacial score (nSPS) is 11.9. The predicted octanol–water partition coefficient (Wildman–Crippen LogP) is 5.37. The molecule has 1 rings (SSSR count). The Hall–Kier alpha value is -0.780. The Kier molecular flexibility index (Phi) is 4.18. The molecule has 0 aromatic heterocycles. The highest BCUT2D eigenvalue weighted by Crippen LogP contribution is 2.34. The molecular formula is C16H26. The minimum absolute atomic E-state index is 0.620. The Labute approximate surface area is 101 Å². The summed E-state index contributed by atoms with van der Waals surface area (Å²) in [5, 5.41) is 0. The molecule has 0 aliphatic carbocycles. The average molecular weight is 218 g/mol. The molecule has 0 radical (unpaired) electrons. The van der Waals surface area contributed by atoms with Crippen molar-refractivity contribution in [3.8, 4) is 0 Å². The van der Waals surface area contributed by atoms with E-state index in [9.17, 15) is 0 Å². The van der Waals surface area contributed by atoms with Gasteiger partial charge in [-0.3, -0.25) is 0 Å². The molecule has 0 heterocycles. The summed E-state index contributed by atoms with van der Waals surface area (Å²) in [6.07, 6.45) is 0. The number of rotatable bonds is 3. The van der Waals surface area contributed by atoms with E-state index in [4.69, 9.17) is 0 Å². The van der Waals surface area contributed by atoms with Crippen LogP contribution in [0.3, 0.4) is 0 Å². The van der Waals surface area contributed by atoms with E-state index in [2.05, 4.69) is 60.6 Å². The predicted molar refractivity (Wildman–Crippen MR) is 73.4 cm³/mol. The van der Waals surface area contributed by atoms with Gasteiger partial charge in [-0.15, -0.1) is 0 Å². The third kappa shape index (κ3) is 2.66. The van der Waals surface area contributed by atoms with Gasteiger partial charge in [0.15, 0.2) is 0 Å². The molecule has 1 aromatic rings. The van der Waals surface area contributed by atoms with Crippen molar-refractivity contribution in [3.63, 3.8) is 0 Å². The van der Waals surface area contributed by atoms with E-state index in [0.717, 1.165) is 0 Å². The molecular weight excluding hydrogens is 192 g/mol. The Balaban J connectivity index is 3.48. The first-order valence-electron chi connectivity index (χ1n) is 6.48. The van der Waals surface area contributed by atoms with Crippen molar-refractivity contribution in [3.05, 3.63) is 34.4 Å². The molecule has 0 N–H and O–H groups in total. The third-order valence-electron chi connectivity index (χ3n) is 3.21. The first-order valence-corrected chi connectivity index (χ1v) is 6.48. The van der Waals surface area contributed by atoms with Gasteiger partial charge in [0, 0.05) is 0 Å². The van der Waals surface area contributed by atoms with Crippen LogP contribution in [-0.4, -0.2) is 0 Å². The van der Waals surface area contributed by atoms with Gasteiger partial charge in [-0.1, -0.05) is 59.2 Å². The summed E-state index contributed by atoms with van der Waals surface area (Å²) in [4.78, 5) is 0. The molecule has 0 aliphatic heterocycles. The molecule has 0 saturated heterocycles. The summed E-state index contributed by atoms with van der Waals surface area (Å²) >= 11 is 0. The van der Waals surface area contributed by atoms with E-state index >= 15 is 0 Å². The van der Waals surface area contributed by atoms with E-state index in [1.54, 1.807) is 16.7 Å². The molecule has 0 saturated carbocycles. The Morgan fingerprint density at radius 1 is 0.688 bits per heavy atom. The van der Waals surface area contributed by atoms with Crippen molar-refractivity contribution in [1.29, 1.82) is 0 Å². The molecule has 0 heteroatoms. The van der Waals surface area contributed by atoms with Crippen molar-refractivity contribution in [1.82, 2.24) is 0 Å². The summed E-state index contributed by atoms with van der Waals surface area (Å²) in [5.41, 5.74) is 6.06. The summed E-state index contributed by atoms with van der Waals surface area (Å²) in [7, 11) is 0. The van der Waals surface area contributed by atoms with E-state index in [0.29, 0.717) is 17.8 Å². The van der Waals surface area contributed by atoms with Crippen LogP contribution < -0.4 is 0 Å². The molecule has 90 valence electrons. The van der Waals surface area contributed by atoms with Gasteiger partial charge in [0.2, 0.25) is 0 Å². The van der Waals surface area contributed by atoms with Crippen LogP contribution in [0.2, 0.25) is 0 Å². The quantitative estimate of drug-likeness (QED) is 0.640. The standard InChI is InChI=1S/C16H26/c1-10(2)14-8-13(7)9-15(11(3)4)16(14)12(5)6/h8-12H,1-7H3. The fourth-order valence-corrected chi connectivity index (χ4v) is 2.48. The molecule has 0 aliphatic rings.